The molecular weight excluding hydrogens is 232 g/mol. The second-order valence-electron chi connectivity index (χ2n) is 5.37. The van der Waals surface area contributed by atoms with E-state index in [-0.39, 0.29) is 0 Å². The minimum atomic E-state index is 0.798. The summed E-state index contributed by atoms with van der Waals surface area (Å²) in [5, 5.41) is 3.36. The zero-order valence-corrected chi connectivity index (χ0v) is 12.1. The number of rotatable bonds is 9. The largest absolute Gasteiger partial charge is 0.317 e. The van der Waals surface area contributed by atoms with Crippen LogP contribution >= 0.6 is 0 Å². The lowest BCUT2D eigenvalue weighted by atomic mass is 10.1. The van der Waals surface area contributed by atoms with Crippen LogP contribution in [0.4, 0.5) is 0 Å². The van der Waals surface area contributed by atoms with Crippen LogP contribution < -0.4 is 5.32 Å². The van der Waals surface area contributed by atoms with Crippen LogP contribution in [-0.4, -0.2) is 30.6 Å². The fraction of sp³-hybridized carbons (Fsp3) is 0.529. The number of hydrogen-bond donors (Lipinski definition) is 1. The van der Waals surface area contributed by atoms with Crippen LogP contribution in [-0.2, 0) is 13.0 Å². The lowest BCUT2D eigenvalue weighted by Crippen LogP contribution is -2.25. The minimum absolute atomic E-state index is 0.798. The molecule has 0 amide bonds. The standard InChI is InChI=1S/C17H26N2/c1-3-13-19(17-9-10-17)14-16-7-5-15(6-8-16)11-12-18-4-2/h3,5-8,17-18H,1,4,9-14H2,2H3. The molecule has 1 aromatic rings. The van der Waals surface area contributed by atoms with Crippen LogP contribution in [0, 0.1) is 0 Å². The molecule has 0 bridgehead atoms. The molecule has 1 aromatic carbocycles. The molecule has 0 aromatic heterocycles. The normalized spacial score (nSPS) is 14.8. The first kappa shape index (κ1) is 14.3. The highest BCUT2D eigenvalue weighted by Gasteiger charge is 2.27. The van der Waals surface area contributed by atoms with Gasteiger partial charge < -0.3 is 5.32 Å². The number of benzene rings is 1. The molecule has 1 saturated carbocycles. The molecule has 0 radical (unpaired) electrons. The van der Waals surface area contributed by atoms with E-state index in [4.69, 9.17) is 0 Å². The maximum absolute atomic E-state index is 3.86. The Labute approximate surface area is 117 Å². The van der Waals surface area contributed by atoms with Crippen molar-refractivity contribution in [2.45, 2.75) is 38.8 Å². The van der Waals surface area contributed by atoms with Gasteiger partial charge in [-0.15, -0.1) is 6.58 Å². The van der Waals surface area contributed by atoms with E-state index in [0.717, 1.165) is 38.6 Å². The first-order chi connectivity index (χ1) is 9.33. The Balaban J connectivity index is 1.84. The summed E-state index contributed by atoms with van der Waals surface area (Å²) in [6, 6.07) is 9.89. The van der Waals surface area contributed by atoms with Crippen molar-refractivity contribution in [3.63, 3.8) is 0 Å². The van der Waals surface area contributed by atoms with E-state index in [9.17, 15) is 0 Å². The van der Waals surface area contributed by atoms with Crippen molar-refractivity contribution in [3.8, 4) is 0 Å². The molecule has 19 heavy (non-hydrogen) atoms. The molecule has 0 spiro atoms. The summed E-state index contributed by atoms with van der Waals surface area (Å²) in [6.07, 6.45) is 5.85. The van der Waals surface area contributed by atoms with Gasteiger partial charge in [-0.05, 0) is 43.5 Å². The average Bonchev–Trinajstić information content (AvgIpc) is 3.25. The molecule has 1 aliphatic carbocycles. The molecule has 1 fully saturated rings. The van der Waals surface area contributed by atoms with Crippen molar-refractivity contribution in [3.05, 3.63) is 48.0 Å². The summed E-state index contributed by atoms with van der Waals surface area (Å²) < 4.78 is 0. The molecular formula is C17H26N2. The van der Waals surface area contributed by atoms with E-state index in [2.05, 4.69) is 48.0 Å². The van der Waals surface area contributed by atoms with E-state index < -0.39 is 0 Å². The highest BCUT2D eigenvalue weighted by molar-refractivity contribution is 5.23. The van der Waals surface area contributed by atoms with Crippen LogP contribution in [0.5, 0.6) is 0 Å². The molecule has 0 heterocycles. The van der Waals surface area contributed by atoms with E-state index >= 15 is 0 Å². The molecule has 0 aliphatic heterocycles. The van der Waals surface area contributed by atoms with Crippen LogP contribution in [0.2, 0.25) is 0 Å². The van der Waals surface area contributed by atoms with Crippen molar-refractivity contribution < 1.29 is 0 Å². The summed E-state index contributed by atoms with van der Waals surface area (Å²) in [5.74, 6) is 0. The summed E-state index contributed by atoms with van der Waals surface area (Å²) in [6.45, 7) is 10.2. The SMILES string of the molecule is C=CCN(Cc1ccc(CCNCC)cc1)C1CC1. The number of nitrogens with one attached hydrogen (secondary N) is 1. The zero-order chi connectivity index (χ0) is 13.5. The van der Waals surface area contributed by atoms with Crippen molar-refractivity contribution in [2.75, 3.05) is 19.6 Å². The Morgan fingerprint density at radius 1 is 1.26 bits per heavy atom. The second kappa shape index (κ2) is 7.46. The monoisotopic (exact) mass is 258 g/mol. The van der Waals surface area contributed by atoms with Gasteiger partial charge in [0.05, 0.1) is 0 Å². The first-order valence-corrected chi connectivity index (χ1v) is 7.47. The van der Waals surface area contributed by atoms with Gasteiger partial charge in [-0.3, -0.25) is 4.90 Å². The maximum Gasteiger partial charge on any atom is 0.0239 e. The third-order valence-electron chi connectivity index (χ3n) is 3.68. The van der Waals surface area contributed by atoms with Crippen molar-refractivity contribution in [1.29, 1.82) is 0 Å². The first-order valence-electron chi connectivity index (χ1n) is 7.47. The van der Waals surface area contributed by atoms with Gasteiger partial charge in [0.2, 0.25) is 0 Å². The quantitative estimate of drug-likeness (QED) is 0.541. The molecule has 104 valence electrons. The van der Waals surface area contributed by atoms with Gasteiger partial charge in [0.1, 0.15) is 0 Å². The fourth-order valence-corrected chi connectivity index (χ4v) is 2.40. The molecule has 0 unspecified atom stereocenters. The molecule has 0 atom stereocenters. The predicted molar refractivity (Wildman–Crippen MR) is 82.3 cm³/mol. The zero-order valence-electron chi connectivity index (χ0n) is 12.1. The number of hydrogen-bond acceptors (Lipinski definition) is 2. The molecule has 2 rings (SSSR count). The van der Waals surface area contributed by atoms with Gasteiger partial charge in [-0.1, -0.05) is 37.3 Å². The van der Waals surface area contributed by atoms with Gasteiger partial charge in [0.25, 0.3) is 0 Å². The number of nitrogens with zero attached hydrogens (tertiary/aromatic N) is 1. The Kier molecular flexibility index (Phi) is 5.62. The smallest absolute Gasteiger partial charge is 0.0239 e. The third-order valence-corrected chi connectivity index (χ3v) is 3.68. The highest BCUT2D eigenvalue weighted by atomic mass is 15.2. The van der Waals surface area contributed by atoms with Gasteiger partial charge in [0, 0.05) is 19.1 Å². The van der Waals surface area contributed by atoms with Crippen molar-refractivity contribution in [2.24, 2.45) is 0 Å². The summed E-state index contributed by atoms with van der Waals surface area (Å²) in [4.78, 5) is 2.53. The summed E-state index contributed by atoms with van der Waals surface area (Å²) in [5.41, 5.74) is 2.84. The van der Waals surface area contributed by atoms with Crippen LogP contribution in [0.25, 0.3) is 0 Å². The molecule has 0 saturated heterocycles. The van der Waals surface area contributed by atoms with Gasteiger partial charge >= 0.3 is 0 Å². The van der Waals surface area contributed by atoms with E-state index in [1.54, 1.807) is 0 Å². The number of likely N-dealkylation sites (N-methyl/N-ethyl adjacent to an activating group) is 1. The van der Waals surface area contributed by atoms with Crippen molar-refractivity contribution >= 4 is 0 Å². The average molecular weight is 258 g/mol. The Morgan fingerprint density at radius 2 is 1.95 bits per heavy atom. The highest BCUT2D eigenvalue weighted by Crippen LogP contribution is 2.28. The summed E-state index contributed by atoms with van der Waals surface area (Å²) in [7, 11) is 0. The van der Waals surface area contributed by atoms with Crippen LogP contribution in [0.15, 0.2) is 36.9 Å². The molecule has 2 heteroatoms. The minimum Gasteiger partial charge on any atom is -0.317 e. The predicted octanol–water partition coefficient (Wildman–Crippen LogP) is 2.99. The third kappa shape index (κ3) is 4.81. The second-order valence-corrected chi connectivity index (χ2v) is 5.37. The lowest BCUT2D eigenvalue weighted by molar-refractivity contribution is 0.284. The maximum atomic E-state index is 3.86. The Morgan fingerprint density at radius 3 is 2.53 bits per heavy atom. The van der Waals surface area contributed by atoms with E-state index in [1.165, 1.54) is 24.0 Å². The fourth-order valence-electron chi connectivity index (χ4n) is 2.40. The van der Waals surface area contributed by atoms with Gasteiger partial charge in [-0.2, -0.15) is 0 Å². The van der Waals surface area contributed by atoms with Gasteiger partial charge in [0.15, 0.2) is 0 Å². The van der Waals surface area contributed by atoms with Crippen LogP contribution in [0.3, 0.4) is 0 Å². The van der Waals surface area contributed by atoms with Gasteiger partial charge in [-0.25, -0.2) is 0 Å². The Bertz CT molecular complexity index is 379. The molecule has 2 nitrogen and oxygen atoms in total. The van der Waals surface area contributed by atoms with Crippen LogP contribution in [0.1, 0.15) is 30.9 Å². The molecule has 1 N–H and O–H groups in total. The summed E-state index contributed by atoms with van der Waals surface area (Å²) >= 11 is 0. The Hall–Kier alpha value is -1.12. The molecule has 1 aliphatic rings. The topological polar surface area (TPSA) is 15.3 Å². The van der Waals surface area contributed by atoms with Crippen molar-refractivity contribution in [1.82, 2.24) is 10.2 Å². The van der Waals surface area contributed by atoms with E-state index in [0.29, 0.717) is 0 Å². The van der Waals surface area contributed by atoms with E-state index in [1.807, 2.05) is 6.08 Å². The lowest BCUT2D eigenvalue weighted by Gasteiger charge is -2.20.